The van der Waals surface area contributed by atoms with Gasteiger partial charge in [0.2, 0.25) is 0 Å². The maximum absolute atomic E-state index is 14.6. The second-order valence-electron chi connectivity index (χ2n) is 6.92. The van der Waals surface area contributed by atoms with Gasteiger partial charge < -0.3 is 5.73 Å². The molecule has 1 aromatic carbocycles. The number of nitrogens with two attached hydrogens (primary N) is 1. The zero-order valence-corrected chi connectivity index (χ0v) is 14.1. The number of hydrogen-bond acceptors (Lipinski definition) is 4. The Morgan fingerprint density at radius 1 is 1.19 bits per heavy atom. The number of nitriles is 3. The van der Waals surface area contributed by atoms with Crippen LogP contribution in [0.15, 0.2) is 41.1 Å². The molecule has 2 aliphatic rings. The van der Waals surface area contributed by atoms with Crippen molar-refractivity contribution in [1.82, 2.24) is 0 Å². The molecule has 3 atom stereocenters. The third kappa shape index (κ3) is 2.37. The molecule has 0 amide bonds. The van der Waals surface area contributed by atoms with Gasteiger partial charge in [-0.3, -0.25) is 0 Å². The van der Waals surface area contributed by atoms with E-state index in [4.69, 9.17) is 5.73 Å². The predicted octanol–water partition coefficient (Wildman–Crippen LogP) is 3.80. The standard InChI is InChI=1S/C20H16F2N4/c1-11-2-4-13-15(6-11)18(14-5-3-12(21)7-17(14)22)20(9-24,10-25)19(26)16(13)8-23/h3-5,7,11,15,18H,2,6,26H2,1H3/t11-,15+,18+/m0/s1. The SMILES string of the molecule is C[C@H]1CC=C2C(C#N)=C(N)C(C#N)(C#N)[C@H](c3ccc(F)cc3F)[C@@H]2C1. The van der Waals surface area contributed by atoms with Crippen molar-refractivity contribution >= 4 is 0 Å². The van der Waals surface area contributed by atoms with E-state index in [0.29, 0.717) is 12.0 Å². The molecule has 26 heavy (non-hydrogen) atoms. The van der Waals surface area contributed by atoms with Crippen LogP contribution in [0.5, 0.6) is 0 Å². The van der Waals surface area contributed by atoms with Gasteiger partial charge in [0, 0.05) is 12.0 Å². The fourth-order valence-electron chi connectivity index (χ4n) is 4.17. The molecule has 2 N–H and O–H groups in total. The van der Waals surface area contributed by atoms with Crippen LogP contribution in [-0.2, 0) is 0 Å². The highest BCUT2D eigenvalue weighted by atomic mass is 19.1. The number of rotatable bonds is 1. The first kappa shape index (κ1) is 17.6. The van der Waals surface area contributed by atoms with Crippen molar-refractivity contribution in [3.63, 3.8) is 0 Å². The van der Waals surface area contributed by atoms with E-state index in [-0.39, 0.29) is 22.8 Å². The number of allylic oxidation sites excluding steroid dienone is 4. The lowest BCUT2D eigenvalue weighted by Gasteiger charge is -2.44. The summed E-state index contributed by atoms with van der Waals surface area (Å²) in [5.41, 5.74) is 4.92. The van der Waals surface area contributed by atoms with Crippen LogP contribution in [0.25, 0.3) is 0 Å². The second kappa shape index (κ2) is 6.28. The fraction of sp³-hybridized carbons (Fsp3) is 0.350. The highest BCUT2D eigenvalue weighted by Gasteiger charge is 2.54. The molecular weight excluding hydrogens is 334 g/mol. The van der Waals surface area contributed by atoms with Crippen molar-refractivity contribution in [2.24, 2.45) is 23.0 Å². The van der Waals surface area contributed by atoms with E-state index in [1.54, 1.807) is 0 Å². The molecular formula is C20H16F2N4. The van der Waals surface area contributed by atoms with Gasteiger partial charge in [0.25, 0.3) is 0 Å². The van der Waals surface area contributed by atoms with Crippen LogP contribution in [0.4, 0.5) is 8.78 Å². The molecule has 2 aliphatic carbocycles. The lowest BCUT2D eigenvalue weighted by molar-refractivity contribution is 0.278. The molecule has 0 fully saturated rings. The number of nitrogens with zero attached hydrogens (tertiary/aromatic N) is 3. The van der Waals surface area contributed by atoms with Gasteiger partial charge in [-0.2, -0.15) is 15.8 Å². The lowest BCUT2D eigenvalue weighted by Crippen LogP contribution is -2.43. The highest BCUT2D eigenvalue weighted by molar-refractivity contribution is 5.59. The van der Waals surface area contributed by atoms with Crippen LogP contribution in [0, 0.1) is 62.9 Å². The summed E-state index contributed by atoms with van der Waals surface area (Å²) in [6, 6.07) is 9.00. The number of halogens is 2. The summed E-state index contributed by atoms with van der Waals surface area (Å²) in [4.78, 5) is 0. The Bertz CT molecular complexity index is 941. The Morgan fingerprint density at radius 3 is 2.46 bits per heavy atom. The molecule has 0 heterocycles. The summed E-state index contributed by atoms with van der Waals surface area (Å²) in [5, 5.41) is 29.3. The Hall–Kier alpha value is -3.17. The Morgan fingerprint density at radius 2 is 1.88 bits per heavy atom. The normalized spacial score (nSPS) is 26.8. The quantitative estimate of drug-likeness (QED) is 0.833. The third-order valence-electron chi connectivity index (χ3n) is 5.41. The molecule has 0 radical (unpaired) electrons. The maximum atomic E-state index is 14.6. The molecule has 0 spiro atoms. The van der Waals surface area contributed by atoms with Crippen molar-refractivity contribution < 1.29 is 8.78 Å². The average Bonchev–Trinajstić information content (AvgIpc) is 2.62. The summed E-state index contributed by atoms with van der Waals surface area (Å²) in [7, 11) is 0. The first-order chi connectivity index (χ1) is 12.4. The molecule has 0 aliphatic heterocycles. The Balaban J connectivity index is 2.36. The molecule has 4 nitrogen and oxygen atoms in total. The lowest BCUT2D eigenvalue weighted by atomic mass is 9.56. The molecule has 0 bridgehead atoms. The summed E-state index contributed by atoms with van der Waals surface area (Å²) in [6.07, 6.45) is 3.20. The largest absolute Gasteiger partial charge is 0.399 e. The van der Waals surface area contributed by atoms with Gasteiger partial charge in [-0.25, -0.2) is 8.78 Å². The molecule has 130 valence electrons. The molecule has 0 unspecified atom stereocenters. The first-order valence-electron chi connectivity index (χ1n) is 8.27. The van der Waals surface area contributed by atoms with Crippen molar-refractivity contribution in [3.8, 4) is 18.2 Å². The van der Waals surface area contributed by atoms with Crippen molar-refractivity contribution in [2.75, 3.05) is 0 Å². The van der Waals surface area contributed by atoms with E-state index in [2.05, 4.69) is 0 Å². The fourth-order valence-corrected chi connectivity index (χ4v) is 4.17. The van der Waals surface area contributed by atoms with Crippen LogP contribution in [-0.4, -0.2) is 0 Å². The van der Waals surface area contributed by atoms with E-state index in [0.717, 1.165) is 18.6 Å². The van der Waals surface area contributed by atoms with Crippen LogP contribution in [0.1, 0.15) is 31.2 Å². The van der Waals surface area contributed by atoms with Crippen molar-refractivity contribution in [1.29, 1.82) is 15.8 Å². The van der Waals surface area contributed by atoms with Gasteiger partial charge in [-0.15, -0.1) is 0 Å². The zero-order valence-electron chi connectivity index (χ0n) is 14.1. The second-order valence-corrected chi connectivity index (χ2v) is 6.92. The van der Waals surface area contributed by atoms with E-state index in [1.165, 1.54) is 6.07 Å². The highest BCUT2D eigenvalue weighted by Crippen LogP contribution is 2.56. The average molecular weight is 350 g/mol. The van der Waals surface area contributed by atoms with Crippen LogP contribution < -0.4 is 5.73 Å². The van der Waals surface area contributed by atoms with Gasteiger partial charge in [0.05, 0.1) is 23.4 Å². The summed E-state index contributed by atoms with van der Waals surface area (Å²) < 4.78 is 28.0. The van der Waals surface area contributed by atoms with Gasteiger partial charge >= 0.3 is 0 Å². The van der Waals surface area contributed by atoms with Crippen LogP contribution >= 0.6 is 0 Å². The third-order valence-corrected chi connectivity index (χ3v) is 5.41. The van der Waals surface area contributed by atoms with Gasteiger partial charge in [-0.05, 0) is 41.9 Å². The van der Waals surface area contributed by atoms with E-state index >= 15 is 0 Å². The molecule has 1 aromatic rings. The van der Waals surface area contributed by atoms with Crippen molar-refractivity contribution in [2.45, 2.75) is 25.7 Å². The minimum absolute atomic E-state index is 0.0689. The smallest absolute Gasteiger partial charge is 0.191 e. The van der Waals surface area contributed by atoms with Crippen LogP contribution in [0.2, 0.25) is 0 Å². The monoisotopic (exact) mass is 350 g/mol. The Labute approximate surface area is 150 Å². The molecule has 3 rings (SSSR count). The van der Waals surface area contributed by atoms with E-state index < -0.39 is 28.9 Å². The minimum atomic E-state index is -1.89. The van der Waals surface area contributed by atoms with Crippen LogP contribution in [0.3, 0.4) is 0 Å². The molecule has 0 saturated heterocycles. The summed E-state index contributed by atoms with van der Waals surface area (Å²) in [5.74, 6) is -2.65. The maximum Gasteiger partial charge on any atom is 0.191 e. The summed E-state index contributed by atoms with van der Waals surface area (Å²) >= 11 is 0. The first-order valence-corrected chi connectivity index (χ1v) is 8.27. The van der Waals surface area contributed by atoms with E-state index in [9.17, 15) is 24.6 Å². The molecule has 6 heteroatoms. The molecule has 0 aromatic heterocycles. The minimum Gasteiger partial charge on any atom is -0.399 e. The zero-order chi connectivity index (χ0) is 19.1. The topological polar surface area (TPSA) is 97.4 Å². The number of fused-ring (bicyclic) bond motifs is 1. The predicted molar refractivity (Wildman–Crippen MR) is 89.6 cm³/mol. The van der Waals surface area contributed by atoms with E-state index in [1.807, 2.05) is 31.2 Å². The summed E-state index contributed by atoms with van der Waals surface area (Å²) in [6.45, 7) is 2.01. The molecule has 0 saturated carbocycles. The number of benzene rings is 1. The van der Waals surface area contributed by atoms with Crippen molar-refractivity contribution in [3.05, 3.63) is 58.3 Å². The number of hydrogen-bond donors (Lipinski definition) is 1. The Kier molecular flexibility index (Phi) is 4.26. The van der Waals surface area contributed by atoms with Gasteiger partial charge in [0.15, 0.2) is 5.41 Å². The van der Waals surface area contributed by atoms with Gasteiger partial charge in [-0.1, -0.05) is 19.1 Å². The van der Waals surface area contributed by atoms with Gasteiger partial charge in [0.1, 0.15) is 17.7 Å².